The van der Waals surface area contributed by atoms with Crippen molar-refractivity contribution in [2.75, 3.05) is 42.9 Å². The van der Waals surface area contributed by atoms with Crippen LogP contribution in [0.5, 0.6) is 0 Å². The Hall–Kier alpha value is -4.23. The van der Waals surface area contributed by atoms with Crippen molar-refractivity contribution in [2.45, 2.75) is 51.9 Å². The Kier molecular flexibility index (Phi) is 7.98. The second kappa shape index (κ2) is 12.3. The number of amides is 1. The SMILES string of the molecule is Cc1c(-c2ccc(N3C[C@H]4CN(CC(C)F)C[C@H]4C3)cc2)cc(C(F)F)c2cn(C(C(=O)Nc3nccs3)c3ncn4c3CCC4)nc12. The lowest BCUT2D eigenvalue weighted by molar-refractivity contribution is -0.118. The lowest BCUT2D eigenvalue weighted by atomic mass is 9.95. The largest absolute Gasteiger partial charge is 0.371 e. The Morgan fingerprint density at radius 2 is 1.85 bits per heavy atom. The summed E-state index contributed by atoms with van der Waals surface area (Å²) in [5.41, 5.74) is 5.16. The van der Waals surface area contributed by atoms with Gasteiger partial charge in [-0.05, 0) is 73.4 Å². The monoisotopic (exact) mass is 674 g/mol. The molecule has 8 rings (SSSR count). The number of aromatic nitrogens is 5. The molecule has 4 atom stereocenters. The van der Waals surface area contributed by atoms with Crippen molar-refractivity contribution in [1.82, 2.24) is 29.2 Å². The van der Waals surface area contributed by atoms with Crippen LogP contribution in [0.3, 0.4) is 0 Å². The Balaban J connectivity index is 1.12. The Labute approximate surface area is 280 Å². The van der Waals surface area contributed by atoms with E-state index in [0.717, 1.165) is 68.1 Å². The van der Waals surface area contributed by atoms with Crippen LogP contribution in [-0.4, -0.2) is 74.0 Å². The molecule has 0 bridgehead atoms. The van der Waals surface area contributed by atoms with Crippen LogP contribution < -0.4 is 10.2 Å². The molecular weight excluding hydrogens is 638 g/mol. The van der Waals surface area contributed by atoms with Crippen molar-refractivity contribution in [2.24, 2.45) is 11.8 Å². The van der Waals surface area contributed by atoms with Crippen molar-refractivity contribution >= 4 is 39.0 Å². The predicted molar refractivity (Wildman–Crippen MR) is 180 cm³/mol. The minimum absolute atomic E-state index is 0.130. The van der Waals surface area contributed by atoms with E-state index in [-0.39, 0.29) is 11.5 Å². The molecule has 2 aromatic carbocycles. The summed E-state index contributed by atoms with van der Waals surface area (Å²) in [5.74, 6) is 0.661. The number of halogens is 3. The second-order valence-corrected chi connectivity index (χ2v) is 14.3. The highest BCUT2D eigenvalue weighted by Crippen LogP contribution is 2.39. The van der Waals surface area contributed by atoms with Gasteiger partial charge in [0.2, 0.25) is 0 Å². The molecular formula is C35H37F3N8OS. The molecule has 3 aromatic heterocycles. The maximum absolute atomic E-state index is 14.7. The molecule has 250 valence electrons. The van der Waals surface area contributed by atoms with Gasteiger partial charge in [-0.2, -0.15) is 5.10 Å². The van der Waals surface area contributed by atoms with E-state index in [0.29, 0.717) is 45.7 Å². The summed E-state index contributed by atoms with van der Waals surface area (Å²) in [5, 5.41) is 10.2. The number of rotatable bonds is 9. The smallest absolute Gasteiger partial charge is 0.264 e. The van der Waals surface area contributed by atoms with Gasteiger partial charge in [-0.3, -0.25) is 19.7 Å². The fourth-order valence-electron chi connectivity index (χ4n) is 7.98. The summed E-state index contributed by atoms with van der Waals surface area (Å²) in [7, 11) is 0. The third-order valence-corrected chi connectivity index (χ3v) is 10.9. The number of imidazole rings is 1. The number of thiazole rings is 1. The number of benzene rings is 2. The summed E-state index contributed by atoms with van der Waals surface area (Å²) in [6.45, 7) is 8.52. The standard InChI is InChI=1S/C35H37F3N8OS/c1-20(36)13-43-14-23-16-45(17-24(23)15-43)25-7-5-22(6-8-25)26-12-27(33(37)38)28-18-46(42-30(28)21(26)2)32(34(47)41-35-39-9-11-48-35)31-29-4-3-10-44(29)19-40-31/h5-9,11-12,18-20,23-24,32-33H,3-4,10,13-17H2,1-2H3,(H,39,41,47)/t20?,23-,24+,32?. The average Bonchev–Trinajstić information content (AvgIpc) is 3.89. The van der Waals surface area contributed by atoms with Crippen LogP contribution in [0.2, 0.25) is 0 Å². The average molecular weight is 675 g/mol. The van der Waals surface area contributed by atoms with Gasteiger partial charge in [0.15, 0.2) is 11.2 Å². The second-order valence-electron chi connectivity index (χ2n) is 13.4. The molecule has 3 aliphatic rings. The predicted octanol–water partition coefficient (Wildman–Crippen LogP) is 6.50. The van der Waals surface area contributed by atoms with Crippen LogP contribution in [0.15, 0.2) is 54.4 Å². The number of hydrogen-bond donors (Lipinski definition) is 1. The minimum atomic E-state index is -2.74. The highest BCUT2D eigenvalue weighted by atomic mass is 32.1. The molecule has 3 aliphatic heterocycles. The Morgan fingerprint density at radius 3 is 2.54 bits per heavy atom. The van der Waals surface area contributed by atoms with Crippen molar-refractivity contribution in [3.8, 4) is 11.1 Å². The normalized spacial score (nSPS) is 20.5. The van der Waals surface area contributed by atoms with Gasteiger partial charge in [0.05, 0.1) is 17.5 Å². The molecule has 13 heteroatoms. The van der Waals surface area contributed by atoms with Crippen LogP contribution in [0.25, 0.3) is 22.0 Å². The van der Waals surface area contributed by atoms with Crippen LogP contribution in [0.4, 0.5) is 24.0 Å². The van der Waals surface area contributed by atoms with Gasteiger partial charge < -0.3 is 9.47 Å². The molecule has 1 amide bonds. The molecule has 2 fully saturated rings. The van der Waals surface area contributed by atoms with Crippen LogP contribution in [-0.2, 0) is 17.8 Å². The van der Waals surface area contributed by atoms with Crippen LogP contribution >= 0.6 is 11.3 Å². The highest BCUT2D eigenvalue weighted by molar-refractivity contribution is 7.13. The summed E-state index contributed by atoms with van der Waals surface area (Å²) in [4.78, 5) is 27.2. The van der Waals surface area contributed by atoms with Gasteiger partial charge in [0, 0.05) is 79.4 Å². The molecule has 48 heavy (non-hydrogen) atoms. The number of carbonyl (C=O) groups excluding carboxylic acids is 1. The zero-order valence-electron chi connectivity index (χ0n) is 26.8. The first-order chi connectivity index (χ1) is 23.2. The summed E-state index contributed by atoms with van der Waals surface area (Å²) in [6.07, 6.45) is 3.06. The van der Waals surface area contributed by atoms with E-state index in [2.05, 4.69) is 37.2 Å². The summed E-state index contributed by atoms with van der Waals surface area (Å²) in [6, 6.07) is 8.68. The molecule has 9 nitrogen and oxygen atoms in total. The maximum atomic E-state index is 14.7. The van der Waals surface area contributed by atoms with Gasteiger partial charge in [0.1, 0.15) is 6.17 Å². The van der Waals surface area contributed by atoms with Crippen LogP contribution in [0.1, 0.15) is 48.3 Å². The van der Waals surface area contributed by atoms with Gasteiger partial charge in [0.25, 0.3) is 12.3 Å². The van der Waals surface area contributed by atoms with Crippen molar-refractivity contribution < 1.29 is 18.0 Å². The van der Waals surface area contributed by atoms with E-state index in [4.69, 9.17) is 5.10 Å². The zero-order chi connectivity index (χ0) is 33.1. The molecule has 2 unspecified atom stereocenters. The number of fused-ring (bicyclic) bond motifs is 3. The number of aryl methyl sites for hydroxylation is 2. The zero-order valence-corrected chi connectivity index (χ0v) is 27.6. The van der Waals surface area contributed by atoms with Gasteiger partial charge >= 0.3 is 0 Å². The number of nitrogens with one attached hydrogen (secondary N) is 1. The molecule has 0 spiro atoms. The summed E-state index contributed by atoms with van der Waals surface area (Å²) >= 11 is 1.30. The fraction of sp³-hybridized carbons (Fsp3) is 0.429. The maximum Gasteiger partial charge on any atom is 0.264 e. The van der Waals surface area contributed by atoms with Crippen LogP contribution in [0, 0.1) is 18.8 Å². The summed E-state index contributed by atoms with van der Waals surface area (Å²) < 4.78 is 46.5. The van der Waals surface area contributed by atoms with E-state index in [1.807, 2.05) is 23.6 Å². The number of anilines is 2. The topological polar surface area (TPSA) is 84.1 Å². The number of carbonyl (C=O) groups is 1. The third-order valence-electron chi connectivity index (χ3n) is 10.2. The van der Waals surface area contributed by atoms with E-state index in [9.17, 15) is 18.0 Å². The van der Waals surface area contributed by atoms with E-state index >= 15 is 0 Å². The highest BCUT2D eigenvalue weighted by Gasteiger charge is 2.40. The van der Waals surface area contributed by atoms with Crippen molar-refractivity contribution in [1.29, 1.82) is 0 Å². The molecule has 1 N–H and O–H groups in total. The van der Waals surface area contributed by atoms with E-state index in [1.165, 1.54) is 16.0 Å². The van der Waals surface area contributed by atoms with E-state index in [1.54, 1.807) is 37.1 Å². The molecule has 6 heterocycles. The van der Waals surface area contributed by atoms with Crippen molar-refractivity contribution in [3.05, 3.63) is 76.9 Å². The lowest BCUT2D eigenvalue weighted by Gasteiger charge is -2.23. The van der Waals surface area contributed by atoms with E-state index < -0.39 is 18.6 Å². The first kappa shape index (κ1) is 31.1. The number of likely N-dealkylation sites (tertiary alicyclic amines) is 1. The number of alkyl halides is 3. The molecule has 0 radical (unpaired) electrons. The molecule has 0 aliphatic carbocycles. The van der Waals surface area contributed by atoms with Gasteiger partial charge in [-0.25, -0.2) is 23.1 Å². The molecule has 5 aromatic rings. The Morgan fingerprint density at radius 1 is 1.08 bits per heavy atom. The van der Waals surface area contributed by atoms with Crippen molar-refractivity contribution in [3.63, 3.8) is 0 Å². The lowest BCUT2D eigenvalue weighted by Crippen LogP contribution is -2.32. The van der Waals surface area contributed by atoms with Gasteiger partial charge in [-0.15, -0.1) is 11.3 Å². The first-order valence-electron chi connectivity index (χ1n) is 16.5. The number of hydrogen-bond acceptors (Lipinski definition) is 7. The minimum Gasteiger partial charge on any atom is -0.371 e. The quantitative estimate of drug-likeness (QED) is 0.192. The number of nitrogens with zero attached hydrogens (tertiary/aromatic N) is 7. The fourth-order valence-corrected chi connectivity index (χ4v) is 8.51. The first-order valence-corrected chi connectivity index (χ1v) is 17.4. The molecule has 2 saturated heterocycles. The van der Waals surface area contributed by atoms with Gasteiger partial charge in [-0.1, -0.05) is 12.1 Å². The third kappa shape index (κ3) is 5.56. The Bertz CT molecular complexity index is 1940. The molecule has 0 saturated carbocycles.